The monoisotopic (exact) mass is 1460 g/mol. The zero-order valence-electron chi connectivity index (χ0n) is 61.0. The topological polar surface area (TPSA) is 277 Å². The minimum absolute atomic E-state index is 0.107. The minimum Gasteiger partial charge on any atom is -0.497 e. The Morgan fingerprint density at radius 1 is 0.551 bits per heavy atom. The third kappa shape index (κ3) is 18.3. The molecule has 5 aliphatic rings. The van der Waals surface area contributed by atoms with Crippen molar-refractivity contribution in [3.63, 3.8) is 0 Å². The first-order valence-electron chi connectivity index (χ1n) is 34.5. The van der Waals surface area contributed by atoms with Gasteiger partial charge in [-0.1, -0.05) is 24.3 Å². The van der Waals surface area contributed by atoms with Crippen molar-refractivity contribution in [2.45, 2.75) is 85.5 Å². The molecule has 25 heteroatoms. The van der Waals surface area contributed by atoms with Gasteiger partial charge in [-0.3, -0.25) is 24.4 Å². The summed E-state index contributed by atoms with van der Waals surface area (Å²) < 4.78 is 85.3. The molecule has 0 bridgehead atoms. The Bertz CT molecular complexity index is 4670. The average Bonchev–Trinajstić information content (AvgIpc) is 1.65. The van der Waals surface area contributed by atoms with E-state index in [0.717, 1.165) is 112 Å². The third-order valence-corrected chi connectivity index (χ3v) is 18.8. The number of benzene rings is 6. The highest BCUT2D eigenvalue weighted by Gasteiger charge is 2.31. The van der Waals surface area contributed by atoms with Crippen molar-refractivity contribution >= 4 is 112 Å². The summed E-state index contributed by atoms with van der Waals surface area (Å²) in [7, 11) is 5.20. The number of ether oxygens (including phenoxy) is 7. The van der Waals surface area contributed by atoms with Crippen LogP contribution in [0.1, 0.15) is 146 Å². The molecule has 12 rings (SSSR count). The number of hydrogen-bond donors (Lipinski definition) is 5. The number of hydrogen-bond acceptors (Lipinski definition) is 19. The van der Waals surface area contributed by atoms with Crippen LogP contribution in [0.25, 0.3) is 51.7 Å². The molecule has 0 radical (unpaired) electrons. The Morgan fingerprint density at radius 3 is 1.32 bits per heavy atom. The molecule has 0 atom stereocenters. The molecule has 0 fully saturated rings. The number of rotatable bonds is 27. The summed E-state index contributed by atoms with van der Waals surface area (Å²) in [6.45, 7) is 8.65. The number of oxazole rings is 1. The van der Waals surface area contributed by atoms with E-state index < -0.39 is 20.3 Å². The van der Waals surface area contributed by atoms with Crippen LogP contribution in [0.2, 0.25) is 0 Å². The molecule has 0 saturated heterocycles. The fourth-order valence-electron chi connectivity index (χ4n) is 13.6. The number of aliphatic imine (C=N–C) groups is 2. The van der Waals surface area contributed by atoms with E-state index in [1.54, 1.807) is 73.9 Å². The lowest BCUT2D eigenvalue weighted by molar-refractivity contribution is -0.118. The fourth-order valence-corrected chi connectivity index (χ4v) is 13.6. The number of methoxy groups -OCH3 is 6. The Kier molecular flexibility index (Phi) is 26.0. The van der Waals surface area contributed by atoms with E-state index in [4.69, 9.17) is 37.6 Å². The maximum absolute atomic E-state index is 14.2. The number of aromatic nitrogens is 1. The van der Waals surface area contributed by atoms with E-state index in [0.29, 0.717) is 76.0 Å². The maximum atomic E-state index is 14.2. The number of carbonyl (C=O) groups excluding carboxylic acids is 4. The molecular weight excluding hydrogens is 1380 g/mol. The molecule has 2 aliphatic heterocycles. The van der Waals surface area contributed by atoms with E-state index in [9.17, 15) is 52.4 Å². The van der Waals surface area contributed by atoms with Crippen molar-refractivity contribution in [3.05, 3.63) is 218 Å². The molecule has 7 aromatic rings. The van der Waals surface area contributed by atoms with Gasteiger partial charge in [0.1, 0.15) is 64.0 Å². The molecule has 6 aromatic carbocycles. The Labute approximate surface area is 618 Å². The first-order chi connectivity index (χ1) is 51.5. The van der Waals surface area contributed by atoms with E-state index in [1.807, 2.05) is 51.2 Å². The lowest BCUT2D eigenvalue weighted by Crippen LogP contribution is -2.32. The number of fused-ring (bicyclic) bond motifs is 3. The van der Waals surface area contributed by atoms with Gasteiger partial charge in [0.05, 0.1) is 60.1 Å². The van der Waals surface area contributed by atoms with E-state index in [-0.39, 0.29) is 86.6 Å². The second-order valence-corrected chi connectivity index (χ2v) is 25.5. The molecule has 3 aliphatic carbocycles. The molecule has 3 heterocycles. The summed E-state index contributed by atoms with van der Waals surface area (Å²) in [5.41, 5.74) is 17.8. The first kappa shape index (κ1) is 78.2. The standard InChI is InChI=1S/C28H27FN2O6.2C27H27BFNO5/c1-5-30-28(33)37-27-25(34-3)11-17(12-26(27)35-4)10-21-16(2)19(22-13-18(29)6-7-20(21)22)8-9-24(32)23-14-36-15-31-23;1-16-21(7-5-20(31)10-17-8-9-30-15-17)24-14-19(29)4-6-22(24)23(16)11-18-12-25(34-2)27(28(32)33)26(13-18)35-3;1-16-21(9-7-20(31)15-19-5-4-10-30-19)24-14-18(29)6-8-22(24)23(16)11-17-12-25(34-2)27(28(32)33)26(13-17)35-3/h6-7,10-15H,5,8-9H2,1-4H3,(H,30,33);4,6,8-9,11-14,32-33H,5,7,10,15H2,1-3H3;4,6,8,10-14,32-33H,5,7,9,15H2,1-3H3/b21-10-;2*23-11-. The Balaban J connectivity index is 0.000000172. The van der Waals surface area contributed by atoms with Crippen molar-refractivity contribution in [1.29, 1.82) is 0 Å². The average molecular weight is 1460 g/mol. The lowest BCUT2D eigenvalue weighted by Gasteiger charge is -2.15. The molecule has 107 heavy (non-hydrogen) atoms. The fraction of sp³-hybridized carbons (Fsp3) is 0.256. The number of nitrogens with one attached hydrogen (secondary N) is 1. The van der Waals surface area contributed by atoms with Crippen molar-refractivity contribution in [2.24, 2.45) is 9.98 Å². The predicted molar refractivity (Wildman–Crippen MR) is 409 cm³/mol. The van der Waals surface area contributed by atoms with Crippen molar-refractivity contribution < 1.29 is 90.0 Å². The quantitative estimate of drug-likeness (QED) is 0.0236. The lowest BCUT2D eigenvalue weighted by atomic mass is 9.78. The van der Waals surface area contributed by atoms with Gasteiger partial charge in [-0.05, 0) is 250 Å². The smallest absolute Gasteiger partial charge is 0.496 e. The highest BCUT2D eigenvalue weighted by molar-refractivity contribution is 6.61. The van der Waals surface area contributed by atoms with E-state index in [2.05, 4.69) is 20.3 Å². The number of amides is 1. The van der Waals surface area contributed by atoms with Gasteiger partial charge in [0.2, 0.25) is 5.75 Å². The predicted octanol–water partition coefficient (Wildman–Crippen LogP) is 13.5. The highest BCUT2D eigenvalue weighted by Crippen LogP contribution is 2.49. The van der Waals surface area contributed by atoms with Crippen LogP contribution in [0.4, 0.5) is 18.0 Å². The van der Waals surface area contributed by atoms with Gasteiger partial charge in [0.15, 0.2) is 23.7 Å². The number of Topliss-reactive ketones (excluding diaryl/α,β-unsaturated/α-hetero) is 3. The van der Waals surface area contributed by atoms with Crippen LogP contribution in [0.5, 0.6) is 40.2 Å². The van der Waals surface area contributed by atoms with Gasteiger partial charge in [-0.25, -0.2) is 22.9 Å². The summed E-state index contributed by atoms with van der Waals surface area (Å²) in [6, 6.07) is 24.2. The normalized spacial score (nSPS) is 14.8. The SMILES string of the molecule is CCNC(=O)Oc1c(OC)cc(/C=C2/C(C)=C(CCC(=O)c3cocn3)c3cc(F)ccc32)cc1OC.COc1cc(/C=C2/C(C)=C(CCC(=O)CC3=CC=NC3)c3cc(F)ccc32)cc(OC)c1B(O)O.COc1cc(/C=C2/C(C)=C(CCC(=O)CC3=NC=CC3)c3cc(F)ccc32)cc(OC)c1B(O)O. The van der Waals surface area contributed by atoms with Gasteiger partial charge in [-0.15, -0.1) is 0 Å². The minimum atomic E-state index is -1.76. The van der Waals surface area contributed by atoms with Crippen LogP contribution < -0.4 is 49.4 Å². The summed E-state index contributed by atoms with van der Waals surface area (Å²) in [5, 5.41) is 41.6. The van der Waals surface area contributed by atoms with Crippen molar-refractivity contribution in [2.75, 3.05) is 55.7 Å². The molecule has 0 spiro atoms. The summed E-state index contributed by atoms with van der Waals surface area (Å²) in [5.74, 6) is 0.960. The van der Waals surface area contributed by atoms with Crippen LogP contribution in [0.15, 0.2) is 159 Å². The largest absolute Gasteiger partial charge is 0.497 e. The summed E-state index contributed by atoms with van der Waals surface area (Å²) >= 11 is 0. The number of allylic oxidation sites excluding steroid dienone is 11. The second-order valence-electron chi connectivity index (χ2n) is 25.5. The summed E-state index contributed by atoms with van der Waals surface area (Å²) in [4.78, 5) is 61.9. The number of nitrogens with zero attached hydrogens (tertiary/aromatic N) is 3. The zero-order valence-corrected chi connectivity index (χ0v) is 61.0. The first-order valence-corrected chi connectivity index (χ1v) is 34.5. The van der Waals surface area contributed by atoms with E-state index in [1.165, 1.54) is 91.7 Å². The van der Waals surface area contributed by atoms with Crippen molar-refractivity contribution in [1.82, 2.24) is 10.3 Å². The maximum Gasteiger partial charge on any atom is 0.496 e. The Hall–Kier alpha value is -11.4. The van der Waals surface area contributed by atoms with Gasteiger partial charge < -0.3 is 63.0 Å². The molecule has 0 saturated carbocycles. The van der Waals surface area contributed by atoms with Crippen LogP contribution in [-0.2, 0) is 9.59 Å². The second kappa shape index (κ2) is 35.6. The highest BCUT2D eigenvalue weighted by atomic mass is 19.1. The number of carbonyl (C=O) groups is 4. The number of ketones is 3. The molecule has 552 valence electrons. The van der Waals surface area contributed by atoms with Crippen molar-refractivity contribution in [3.8, 4) is 40.2 Å². The van der Waals surface area contributed by atoms with Crippen LogP contribution in [0.3, 0.4) is 0 Å². The van der Waals surface area contributed by atoms with Gasteiger partial charge in [-0.2, -0.15) is 0 Å². The van der Waals surface area contributed by atoms with Gasteiger partial charge in [0, 0.05) is 63.2 Å². The third-order valence-electron chi connectivity index (χ3n) is 18.8. The van der Waals surface area contributed by atoms with Gasteiger partial charge in [0.25, 0.3) is 0 Å². The Morgan fingerprint density at radius 2 is 0.963 bits per heavy atom. The van der Waals surface area contributed by atoms with E-state index >= 15 is 0 Å². The zero-order chi connectivity index (χ0) is 76.8. The molecule has 1 aromatic heterocycles. The molecular formula is C82H81B2F3N4O16. The molecule has 5 N–H and O–H groups in total. The molecule has 1 amide bonds. The van der Waals surface area contributed by atoms with Gasteiger partial charge >= 0.3 is 20.3 Å². The molecule has 0 unspecified atom stereocenters. The van der Waals surface area contributed by atoms with Crippen LogP contribution in [0, 0.1) is 17.5 Å². The van der Waals surface area contributed by atoms with Crippen LogP contribution in [-0.4, -0.2) is 130 Å². The summed E-state index contributed by atoms with van der Waals surface area (Å²) in [6.07, 6.45) is 18.7. The number of halogens is 3. The molecule has 20 nitrogen and oxygen atoms in total. The van der Waals surface area contributed by atoms with Crippen LogP contribution >= 0.6 is 0 Å².